The monoisotopic (exact) mass is 252 g/mol. The molecule has 0 saturated carbocycles. The average Bonchev–Trinajstić information content (AvgIpc) is 2.28. The first-order chi connectivity index (χ1) is 8.58. The molecule has 1 N–H and O–H groups in total. The van der Waals surface area contributed by atoms with Crippen LogP contribution in [0.5, 0.6) is 0 Å². The summed E-state index contributed by atoms with van der Waals surface area (Å²) in [5.74, 6) is 0.596. The minimum atomic E-state index is -0.157. The number of nitrogens with one attached hydrogen (secondary N) is 1. The van der Waals surface area contributed by atoms with Gasteiger partial charge in [-0.25, -0.2) is 4.39 Å². The fourth-order valence-corrected chi connectivity index (χ4v) is 1.81. The van der Waals surface area contributed by atoms with Crippen LogP contribution in [0.3, 0.4) is 0 Å². The fourth-order valence-electron chi connectivity index (χ4n) is 1.81. The van der Waals surface area contributed by atoms with Crippen LogP contribution in [0.1, 0.15) is 25.8 Å². The summed E-state index contributed by atoms with van der Waals surface area (Å²) < 4.78 is 13.0. The number of rotatable bonds is 8. The topological polar surface area (TPSA) is 15.3 Å². The summed E-state index contributed by atoms with van der Waals surface area (Å²) in [7, 11) is 2.06. The Hall–Kier alpha value is -0.930. The highest BCUT2D eigenvalue weighted by Crippen LogP contribution is 2.05. The molecule has 1 aromatic carbocycles. The first kappa shape index (κ1) is 15.1. The van der Waals surface area contributed by atoms with Gasteiger partial charge in [-0.1, -0.05) is 26.0 Å². The quantitative estimate of drug-likeness (QED) is 0.716. The summed E-state index contributed by atoms with van der Waals surface area (Å²) in [5.41, 5.74) is 1.03. The second-order valence-electron chi connectivity index (χ2n) is 5.30. The first-order valence-electron chi connectivity index (χ1n) is 6.71. The van der Waals surface area contributed by atoms with Gasteiger partial charge in [-0.3, -0.25) is 0 Å². The molecule has 0 aliphatic carbocycles. The Morgan fingerprint density at radius 1 is 1.28 bits per heavy atom. The SMILES string of the molecule is CC(C)CCNCCN(C)Cc1cccc(F)c1. The number of hydrogen-bond acceptors (Lipinski definition) is 2. The predicted octanol–water partition coefficient (Wildman–Crippen LogP) is 2.89. The summed E-state index contributed by atoms with van der Waals surface area (Å²) in [6.45, 7) is 8.30. The van der Waals surface area contributed by atoms with E-state index in [4.69, 9.17) is 0 Å². The molecule has 1 aromatic rings. The molecular formula is C15H25FN2. The summed E-state index contributed by atoms with van der Waals surface area (Å²) >= 11 is 0. The Morgan fingerprint density at radius 3 is 2.72 bits per heavy atom. The van der Waals surface area contributed by atoms with Crippen LogP contribution < -0.4 is 5.32 Å². The molecule has 0 unspecified atom stereocenters. The van der Waals surface area contributed by atoms with Crippen LogP contribution in [-0.2, 0) is 6.54 Å². The number of nitrogens with zero attached hydrogens (tertiary/aromatic N) is 1. The lowest BCUT2D eigenvalue weighted by Gasteiger charge is -2.17. The normalized spacial score (nSPS) is 11.4. The molecule has 0 aliphatic heterocycles. The van der Waals surface area contributed by atoms with Crippen molar-refractivity contribution in [3.8, 4) is 0 Å². The van der Waals surface area contributed by atoms with Gasteiger partial charge in [0.05, 0.1) is 0 Å². The van der Waals surface area contributed by atoms with E-state index in [-0.39, 0.29) is 5.82 Å². The third kappa shape index (κ3) is 6.72. The van der Waals surface area contributed by atoms with Crippen molar-refractivity contribution in [2.75, 3.05) is 26.7 Å². The molecule has 2 nitrogen and oxygen atoms in total. The lowest BCUT2D eigenvalue weighted by atomic mass is 10.1. The number of likely N-dealkylation sites (N-methyl/N-ethyl adjacent to an activating group) is 1. The lowest BCUT2D eigenvalue weighted by Crippen LogP contribution is -2.29. The van der Waals surface area contributed by atoms with Crippen molar-refractivity contribution in [1.29, 1.82) is 0 Å². The molecule has 0 aliphatic rings. The zero-order valence-corrected chi connectivity index (χ0v) is 11.7. The number of halogens is 1. The smallest absolute Gasteiger partial charge is 0.123 e. The molecule has 0 atom stereocenters. The standard InChI is InChI=1S/C15H25FN2/c1-13(2)7-8-17-9-10-18(3)12-14-5-4-6-15(16)11-14/h4-6,11,13,17H,7-10,12H2,1-3H3. The second kappa shape index (κ2) is 8.22. The van der Waals surface area contributed by atoms with E-state index in [0.29, 0.717) is 0 Å². The van der Waals surface area contributed by atoms with Crippen molar-refractivity contribution in [2.45, 2.75) is 26.8 Å². The van der Waals surface area contributed by atoms with Crippen molar-refractivity contribution in [1.82, 2.24) is 10.2 Å². The maximum Gasteiger partial charge on any atom is 0.123 e. The van der Waals surface area contributed by atoms with E-state index >= 15 is 0 Å². The first-order valence-corrected chi connectivity index (χ1v) is 6.71. The second-order valence-corrected chi connectivity index (χ2v) is 5.30. The Balaban J connectivity index is 2.16. The molecule has 102 valence electrons. The molecule has 0 bridgehead atoms. The highest BCUT2D eigenvalue weighted by molar-refractivity contribution is 5.15. The van der Waals surface area contributed by atoms with E-state index in [9.17, 15) is 4.39 Å². The Bertz CT molecular complexity index is 339. The average molecular weight is 252 g/mol. The highest BCUT2D eigenvalue weighted by atomic mass is 19.1. The van der Waals surface area contributed by atoms with Crippen molar-refractivity contribution >= 4 is 0 Å². The number of benzene rings is 1. The zero-order chi connectivity index (χ0) is 13.4. The van der Waals surface area contributed by atoms with E-state index in [2.05, 4.69) is 31.1 Å². The van der Waals surface area contributed by atoms with Gasteiger partial charge in [0.2, 0.25) is 0 Å². The summed E-state index contributed by atoms with van der Waals surface area (Å²) in [5, 5.41) is 3.43. The highest BCUT2D eigenvalue weighted by Gasteiger charge is 2.01. The van der Waals surface area contributed by atoms with Crippen LogP contribution in [0.25, 0.3) is 0 Å². The van der Waals surface area contributed by atoms with Crippen LogP contribution in [0.2, 0.25) is 0 Å². The van der Waals surface area contributed by atoms with Crippen LogP contribution in [0.15, 0.2) is 24.3 Å². The molecule has 0 saturated heterocycles. The molecule has 0 amide bonds. The molecule has 0 spiro atoms. The molecular weight excluding hydrogens is 227 g/mol. The van der Waals surface area contributed by atoms with Gasteiger partial charge in [0.1, 0.15) is 5.82 Å². The molecule has 0 fully saturated rings. The van der Waals surface area contributed by atoms with Crippen molar-refractivity contribution in [2.24, 2.45) is 5.92 Å². The van der Waals surface area contributed by atoms with Gasteiger partial charge in [0, 0.05) is 19.6 Å². The van der Waals surface area contributed by atoms with E-state index in [0.717, 1.165) is 37.7 Å². The Morgan fingerprint density at radius 2 is 2.06 bits per heavy atom. The van der Waals surface area contributed by atoms with Crippen LogP contribution >= 0.6 is 0 Å². The molecule has 18 heavy (non-hydrogen) atoms. The van der Waals surface area contributed by atoms with Crippen molar-refractivity contribution < 1.29 is 4.39 Å². The molecule has 0 heterocycles. The van der Waals surface area contributed by atoms with Crippen molar-refractivity contribution in [3.63, 3.8) is 0 Å². The van der Waals surface area contributed by atoms with E-state index in [1.165, 1.54) is 12.5 Å². The van der Waals surface area contributed by atoms with E-state index in [1.54, 1.807) is 12.1 Å². The molecule has 0 radical (unpaired) electrons. The largest absolute Gasteiger partial charge is 0.315 e. The third-order valence-electron chi connectivity index (χ3n) is 2.91. The van der Waals surface area contributed by atoms with Crippen LogP contribution in [-0.4, -0.2) is 31.6 Å². The van der Waals surface area contributed by atoms with Crippen LogP contribution in [0.4, 0.5) is 4.39 Å². The van der Waals surface area contributed by atoms with Gasteiger partial charge in [-0.2, -0.15) is 0 Å². The fraction of sp³-hybridized carbons (Fsp3) is 0.600. The predicted molar refractivity (Wildman–Crippen MR) is 75.1 cm³/mol. The summed E-state index contributed by atoms with van der Waals surface area (Å²) in [6.07, 6.45) is 1.22. The zero-order valence-electron chi connectivity index (χ0n) is 11.7. The van der Waals surface area contributed by atoms with E-state index in [1.807, 2.05) is 6.07 Å². The number of hydrogen-bond donors (Lipinski definition) is 1. The lowest BCUT2D eigenvalue weighted by molar-refractivity contribution is 0.322. The summed E-state index contributed by atoms with van der Waals surface area (Å²) in [4.78, 5) is 2.21. The maximum absolute atomic E-state index is 13.0. The van der Waals surface area contributed by atoms with Crippen molar-refractivity contribution in [3.05, 3.63) is 35.6 Å². The minimum absolute atomic E-state index is 0.157. The minimum Gasteiger partial charge on any atom is -0.315 e. The molecule has 0 aromatic heterocycles. The third-order valence-corrected chi connectivity index (χ3v) is 2.91. The van der Waals surface area contributed by atoms with Gasteiger partial charge in [0.25, 0.3) is 0 Å². The van der Waals surface area contributed by atoms with Gasteiger partial charge >= 0.3 is 0 Å². The van der Waals surface area contributed by atoms with Gasteiger partial charge in [0.15, 0.2) is 0 Å². The van der Waals surface area contributed by atoms with Gasteiger partial charge in [-0.05, 0) is 43.6 Å². The summed E-state index contributed by atoms with van der Waals surface area (Å²) in [6, 6.07) is 6.81. The van der Waals surface area contributed by atoms with Gasteiger partial charge < -0.3 is 10.2 Å². The Kier molecular flexibility index (Phi) is 6.91. The van der Waals surface area contributed by atoms with Crippen LogP contribution in [0, 0.1) is 11.7 Å². The molecule has 3 heteroatoms. The van der Waals surface area contributed by atoms with E-state index < -0.39 is 0 Å². The maximum atomic E-state index is 13.0. The van der Waals surface area contributed by atoms with Gasteiger partial charge in [-0.15, -0.1) is 0 Å². The molecule has 1 rings (SSSR count). The Labute approximate surface area is 110 Å².